The Labute approximate surface area is 124 Å². The molecular formula is C14H12FNO4S. The number of ether oxygens (including phenoxy) is 1. The second-order valence-electron chi connectivity index (χ2n) is 4.09. The van der Waals surface area contributed by atoms with Gasteiger partial charge in [-0.25, -0.2) is 9.18 Å². The second-order valence-corrected chi connectivity index (χ2v) is 5.12. The van der Waals surface area contributed by atoms with Crippen LogP contribution in [0.3, 0.4) is 0 Å². The van der Waals surface area contributed by atoms with Gasteiger partial charge in [-0.15, -0.1) is 11.3 Å². The fourth-order valence-corrected chi connectivity index (χ4v) is 2.20. The third kappa shape index (κ3) is 4.28. The molecule has 0 saturated carbocycles. The van der Waals surface area contributed by atoms with Crippen molar-refractivity contribution in [2.75, 3.05) is 6.61 Å². The average Bonchev–Trinajstić information content (AvgIpc) is 2.95. The number of nitrogens with one attached hydrogen (secondary N) is 1. The van der Waals surface area contributed by atoms with Gasteiger partial charge in [0.25, 0.3) is 5.91 Å². The monoisotopic (exact) mass is 309 g/mol. The number of carbonyl (C=O) groups excluding carboxylic acids is 1. The number of carboxylic acids is 1. The summed E-state index contributed by atoms with van der Waals surface area (Å²) in [5.74, 6) is -2.50. The summed E-state index contributed by atoms with van der Waals surface area (Å²) in [5.41, 5.74) is -0.440. The van der Waals surface area contributed by atoms with Crippen molar-refractivity contribution < 1.29 is 23.8 Å². The minimum Gasteiger partial charge on any atom is -0.484 e. The molecule has 7 heteroatoms. The molecule has 0 fully saturated rings. The molecule has 1 amide bonds. The van der Waals surface area contributed by atoms with Crippen LogP contribution in [0, 0.1) is 5.82 Å². The molecule has 5 nitrogen and oxygen atoms in total. The Morgan fingerprint density at radius 1 is 1.33 bits per heavy atom. The molecule has 110 valence electrons. The number of amides is 1. The lowest BCUT2D eigenvalue weighted by Crippen LogP contribution is -2.28. The molecule has 2 aromatic rings. The predicted octanol–water partition coefficient (Wildman–Crippen LogP) is 2.28. The van der Waals surface area contributed by atoms with Crippen LogP contribution in [-0.4, -0.2) is 23.6 Å². The third-order valence-electron chi connectivity index (χ3n) is 2.58. The van der Waals surface area contributed by atoms with Crippen LogP contribution in [0.25, 0.3) is 0 Å². The van der Waals surface area contributed by atoms with E-state index in [4.69, 9.17) is 9.84 Å². The van der Waals surface area contributed by atoms with Crippen LogP contribution in [0.4, 0.5) is 4.39 Å². The van der Waals surface area contributed by atoms with Crippen molar-refractivity contribution in [3.63, 3.8) is 0 Å². The maximum absolute atomic E-state index is 13.4. The molecule has 0 aliphatic heterocycles. The van der Waals surface area contributed by atoms with Crippen molar-refractivity contribution >= 4 is 23.2 Å². The zero-order valence-electron chi connectivity index (χ0n) is 10.8. The van der Waals surface area contributed by atoms with Gasteiger partial charge in [-0.05, 0) is 23.6 Å². The predicted molar refractivity (Wildman–Crippen MR) is 75.0 cm³/mol. The molecule has 0 saturated heterocycles. The first-order valence-corrected chi connectivity index (χ1v) is 6.89. The smallest absolute Gasteiger partial charge is 0.338 e. The Bertz CT molecular complexity index is 642. The first kappa shape index (κ1) is 15.0. The highest BCUT2D eigenvalue weighted by Crippen LogP contribution is 2.16. The molecule has 21 heavy (non-hydrogen) atoms. The van der Waals surface area contributed by atoms with E-state index in [0.717, 1.165) is 17.0 Å². The van der Waals surface area contributed by atoms with Gasteiger partial charge < -0.3 is 15.2 Å². The first-order chi connectivity index (χ1) is 10.1. The van der Waals surface area contributed by atoms with Crippen LogP contribution in [0.2, 0.25) is 0 Å². The summed E-state index contributed by atoms with van der Waals surface area (Å²) in [6.07, 6.45) is 0. The van der Waals surface area contributed by atoms with Crippen molar-refractivity contribution in [2.45, 2.75) is 6.54 Å². The fourth-order valence-electron chi connectivity index (χ4n) is 1.56. The van der Waals surface area contributed by atoms with Crippen LogP contribution in [0.5, 0.6) is 5.75 Å². The fraction of sp³-hybridized carbons (Fsp3) is 0.143. The number of hydrogen-bond donors (Lipinski definition) is 2. The van der Waals surface area contributed by atoms with Crippen LogP contribution in [-0.2, 0) is 11.3 Å². The van der Waals surface area contributed by atoms with E-state index in [0.29, 0.717) is 6.54 Å². The standard InChI is InChI=1S/C14H12FNO4S/c15-12-6-9(3-4-11(12)14(18)19)20-8-13(17)16-7-10-2-1-5-21-10/h1-6H,7-8H2,(H,16,17)(H,18,19). The van der Waals surface area contributed by atoms with Crippen LogP contribution >= 0.6 is 11.3 Å². The molecule has 1 aromatic heterocycles. The molecule has 0 radical (unpaired) electrons. The Morgan fingerprint density at radius 2 is 2.14 bits per heavy atom. The van der Waals surface area contributed by atoms with E-state index in [-0.39, 0.29) is 18.3 Å². The lowest BCUT2D eigenvalue weighted by molar-refractivity contribution is -0.123. The van der Waals surface area contributed by atoms with Crippen LogP contribution in [0.15, 0.2) is 35.7 Å². The lowest BCUT2D eigenvalue weighted by Gasteiger charge is -2.07. The van der Waals surface area contributed by atoms with E-state index < -0.39 is 17.3 Å². The number of carbonyl (C=O) groups is 2. The Kier molecular flexibility index (Phi) is 4.89. The normalized spacial score (nSPS) is 10.1. The van der Waals surface area contributed by atoms with Crippen molar-refractivity contribution in [3.8, 4) is 5.75 Å². The summed E-state index contributed by atoms with van der Waals surface area (Å²) in [6, 6.07) is 7.12. The molecule has 2 rings (SSSR count). The molecule has 0 aliphatic carbocycles. The Hall–Kier alpha value is -2.41. The number of halogens is 1. The Balaban J connectivity index is 1.83. The van der Waals surface area contributed by atoms with Gasteiger partial charge in [0.2, 0.25) is 0 Å². The zero-order chi connectivity index (χ0) is 15.2. The summed E-state index contributed by atoms with van der Waals surface area (Å²) in [6.45, 7) is 0.142. The molecule has 0 spiro atoms. The molecule has 0 aliphatic rings. The second kappa shape index (κ2) is 6.85. The molecular weight excluding hydrogens is 297 g/mol. The number of carboxylic acid groups (broad SMARTS) is 1. The van der Waals surface area contributed by atoms with Gasteiger partial charge in [-0.2, -0.15) is 0 Å². The number of aromatic carboxylic acids is 1. The minimum absolute atomic E-state index is 0.101. The lowest BCUT2D eigenvalue weighted by atomic mass is 10.2. The summed E-state index contributed by atoms with van der Waals surface area (Å²) >= 11 is 1.52. The molecule has 0 unspecified atom stereocenters. The van der Waals surface area contributed by atoms with E-state index in [1.54, 1.807) is 0 Å². The molecule has 0 bridgehead atoms. The highest BCUT2D eigenvalue weighted by atomic mass is 32.1. The summed E-state index contributed by atoms with van der Waals surface area (Å²) < 4.78 is 18.5. The van der Waals surface area contributed by atoms with E-state index in [1.165, 1.54) is 17.4 Å². The average molecular weight is 309 g/mol. The molecule has 2 N–H and O–H groups in total. The molecule has 0 atom stereocenters. The minimum atomic E-state index is -1.35. The SMILES string of the molecule is O=C(COc1ccc(C(=O)O)c(F)c1)NCc1cccs1. The highest BCUT2D eigenvalue weighted by molar-refractivity contribution is 7.09. The van der Waals surface area contributed by atoms with E-state index >= 15 is 0 Å². The van der Waals surface area contributed by atoms with E-state index in [2.05, 4.69) is 5.32 Å². The van der Waals surface area contributed by atoms with Gasteiger partial charge in [0.15, 0.2) is 6.61 Å². The van der Waals surface area contributed by atoms with Gasteiger partial charge in [-0.1, -0.05) is 6.07 Å². The summed E-state index contributed by atoms with van der Waals surface area (Å²) in [5, 5.41) is 13.3. The van der Waals surface area contributed by atoms with Crippen molar-refractivity contribution in [1.29, 1.82) is 0 Å². The molecule has 1 aromatic carbocycles. The quantitative estimate of drug-likeness (QED) is 0.858. The van der Waals surface area contributed by atoms with Crippen molar-refractivity contribution in [1.82, 2.24) is 5.32 Å². The number of hydrogen-bond acceptors (Lipinski definition) is 4. The first-order valence-electron chi connectivity index (χ1n) is 6.01. The van der Waals surface area contributed by atoms with Crippen LogP contribution in [0.1, 0.15) is 15.2 Å². The van der Waals surface area contributed by atoms with E-state index in [1.807, 2.05) is 17.5 Å². The highest BCUT2D eigenvalue weighted by Gasteiger charge is 2.11. The van der Waals surface area contributed by atoms with Gasteiger partial charge in [0.05, 0.1) is 12.1 Å². The van der Waals surface area contributed by atoms with Crippen LogP contribution < -0.4 is 10.1 Å². The third-order valence-corrected chi connectivity index (χ3v) is 3.46. The largest absolute Gasteiger partial charge is 0.484 e. The van der Waals surface area contributed by atoms with Gasteiger partial charge in [0, 0.05) is 10.9 Å². The maximum atomic E-state index is 13.4. The number of benzene rings is 1. The van der Waals surface area contributed by atoms with Crippen molar-refractivity contribution in [2.24, 2.45) is 0 Å². The maximum Gasteiger partial charge on any atom is 0.338 e. The van der Waals surface area contributed by atoms with Crippen molar-refractivity contribution in [3.05, 3.63) is 52.0 Å². The number of thiophene rings is 1. The summed E-state index contributed by atoms with van der Waals surface area (Å²) in [4.78, 5) is 23.2. The summed E-state index contributed by atoms with van der Waals surface area (Å²) in [7, 11) is 0. The molecule has 1 heterocycles. The Morgan fingerprint density at radius 3 is 2.76 bits per heavy atom. The number of rotatable bonds is 6. The topological polar surface area (TPSA) is 75.6 Å². The zero-order valence-corrected chi connectivity index (χ0v) is 11.7. The van der Waals surface area contributed by atoms with Gasteiger partial charge >= 0.3 is 5.97 Å². The van der Waals surface area contributed by atoms with Gasteiger partial charge in [0.1, 0.15) is 11.6 Å². The van der Waals surface area contributed by atoms with E-state index in [9.17, 15) is 14.0 Å². The van der Waals surface area contributed by atoms with Gasteiger partial charge in [-0.3, -0.25) is 4.79 Å².